The van der Waals surface area contributed by atoms with Crippen LogP contribution in [-0.2, 0) is 27.3 Å². The van der Waals surface area contributed by atoms with Gasteiger partial charge in [-0.1, -0.05) is 24.3 Å². The molecule has 0 saturated carbocycles. The minimum atomic E-state index is -0.923. The van der Waals surface area contributed by atoms with Crippen molar-refractivity contribution in [2.45, 2.75) is 25.8 Å². The Hall–Kier alpha value is -2.70. The third kappa shape index (κ3) is 4.13. The molecule has 0 unspecified atom stereocenters. The van der Waals surface area contributed by atoms with Gasteiger partial charge in [0.25, 0.3) is 5.91 Å². The third-order valence-corrected chi connectivity index (χ3v) is 3.07. The first-order valence-corrected chi connectivity index (χ1v) is 6.48. The van der Waals surface area contributed by atoms with Gasteiger partial charge in [0.1, 0.15) is 5.71 Å². The first-order chi connectivity index (χ1) is 10.1. The maximum absolute atomic E-state index is 11.9. The summed E-state index contributed by atoms with van der Waals surface area (Å²) in [6, 6.07) is 7.02. The first-order valence-electron chi connectivity index (χ1n) is 6.48. The molecule has 1 aromatic rings. The number of hydrogen-bond donors (Lipinski definition) is 3. The second kappa shape index (κ2) is 6.65. The molecule has 21 heavy (non-hydrogen) atoms. The molecule has 0 atom stereocenters. The van der Waals surface area contributed by atoms with Crippen LogP contribution in [0.2, 0.25) is 0 Å². The highest BCUT2D eigenvalue weighted by Gasteiger charge is 2.18. The molecule has 2 rings (SSSR count). The van der Waals surface area contributed by atoms with Crippen LogP contribution in [0.15, 0.2) is 29.4 Å². The van der Waals surface area contributed by atoms with E-state index in [1.54, 1.807) is 24.3 Å². The van der Waals surface area contributed by atoms with Crippen LogP contribution < -0.4 is 10.7 Å². The highest BCUT2D eigenvalue weighted by Crippen LogP contribution is 2.10. The fourth-order valence-electron chi connectivity index (χ4n) is 1.98. The van der Waals surface area contributed by atoms with Gasteiger partial charge >= 0.3 is 5.97 Å². The number of carbonyl (C=O) groups is 3. The highest BCUT2D eigenvalue weighted by molar-refractivity contribution is 6.39. The van der Waals surface area contributed by atoms with E-state index in [0.29, 0.717) is 12.0 Å². The lowest BCUT2D eigenvalue weighted by Gasteiger charge is -2.13. The number of carbonyl (C=O) groups excluding carboxylic acids is 2. The van der Waals surface area contributed by atoms with Crippen LogP contribution in [0.4, 0.5) is 0 Å². The van der Waals surface area contributed by atoms with Gasteiger partial charge in [-0.2, -0.15) is 5.10 Å². The first kappa shape index (κ1) is 14.7. The highest BCUT2D eigenvalue weighted by atomic mass is 16.4. The number of nitrogens with zero attached hydrogens (tertiary/aromatic N) is 1. The second-order valence-electron chi connectivity index (χ2n) is 4.62. The summed E-state index contributed by atoms with van der Waals surface area (Å²) in [5, 5.41) is 15.2. The monoisotopic (exact) mass is 289 g/mol. The molecule has 110 valence electrons. The van der Waals surface area contributed by atoms with Gasteiger partial charge in [0.05, 0.1) is 6.42 Å². The Morgan fingerprint density at radius 2 is 1.95 bits per heavy atom. The standard InChI is InChI=1S/C14H15N3O4/c18-12-6-5-11(16-17-12)14(21)15-8-10-4-2-1-3-9(10)7-13(19)20/h1-4H,5-8H2,(H,15,21)(H,17,18)(H,19,20). The summed E-state index contributed by atoms with van der Waals surface area (Å²) in [5.74, 6) is -1.49. The van der Waals surface area contributed by atoms with E-state index in [-0.39, 0.29) is 36.9 Å². The molecule has 1 aromatic carbocycles. The van der Waals surface area contributed by atoms with Gasteiger partial charge in [-0.05, 0) is 11.1 Å². The van der Waals surface area contributed by atoms with Gasteiger partial charge in [0.2, 0.25) is 5.91 Å². The maximum atomic E-state index is 11.9. The Morgan fingerprint density at radius 1 is 1.24 bits per heavy atom. The number of carboxylic acids is 1. The predicted octanol–water partition coefficient (Wildman–Crippen LogP) is 0.196. The molecule has 0 spiro atoms. The van der Waals surface area contributed by atoms with Crippen LogP contribution >= 0.6 is 0 Å². The zero-order chi connectivity index (χ0) is 15.2. The Bertz CT molecular complexity index is 610. The summed E-state index contributed by atoms with van der Waals surface area (Å²) < 4.78 is 0. The zero-order valence-electron chi connectivity index (χ0n) is 11.3. The second-order valence-corrected chi connectivity index (χ2v) is 4.62. The van der Waals surface area contributed by atoms with Crippen LogP contribution in [-0.4, -0.2) is 28.6 Å². The summed E-state index contributed by atoms with van der Waals surface area (Å²) in [7, 11) is 0. The smallest absolute Gasteiger partial charge is 0.307 e. The van der Waals surface area contributed by atoms with Crippen molar-refractivity contribution in [3.05, 3.63) is 35.4 Å². The molecule has 7 heteroatoms. The van der Waals surface area contributed by atoms with E-state index in [9.17, 15) is 14.4 Å². The number of carboxylic acid groups (broad SMARTS) is 1. The number of amides is 2. The van der Waals surface area contributed by atoms with E-state index in [2.05, 4.69) is 15.8 Å². The zero-order valence-corrected chi connectivity index (χ0v) is 11.3. The van der Waals surface area contributed by atoms with Gasteiger partial charge in [0, 0.05) is 19.4 Å². The fourth-order valence-corrected chi connectivity index (χ4v) is 1.98. The molecule has 7 nitrogen and oxygen atoms in total. The largest absolute Gasteiger partial charge is 0.481 e. The van der Waals surface area contributed by atoms with Crippen molar-refractivity contribution in [3.63, 3.8) is 0 Å². The van der Waals surface area contributed by atoms with Crippen LogP contribution in [0.5, 0.6) is 0 Å². The summed E-state index contributed by atoms with van der Waals surface area (Å²) in [6.07, 6.45) is 0.444. The molecule has 0 aliphatic carbocycles. The number of hydrazone groups is 1. The number of hydrogen-bond acceptors (Lipinski definition) is 4. The Kier molecular flexibility index (Phi) is 4.65. The third-order valence-electron chi connectivity index (χ3n) is 3.07. The molecule has 0 radical (unpaired) electrons. The quantitative estimate of drug-likeness (QED) is 0.719. The topological polar surface area (TPSA) is 108 Å². The summed E-state index contributed by atoms with van der Waals surface area (Å²) in [6.45, 7) is 0.218. The molecule has 0 saturated heterocycles. The maximum Gasteiger partial charge on any atom is 0.307 e. The average molecular weight is 289 g/mol. The van der Waals surface area contributed by atoms with Crippen LogP contribution in [0.3, 0.4) is 0 Å². The Labute approximate surface area is 121 Å². The molecule has 0 aromatic heterocycles. The van der Waals surface area contributed by atoms with Crippen molar-refractivity contribution in [3.8, 4) is 0 Å². The van der Waals surface area contributed by atoms with E-state index in [1.807, 2.05) is 0 Å². The number of nitrogens with one attached hydrogen (secondary N) is 2. The number of aliphatic carboxylic acids is 1. The van der Waals surface area contributed by atoms with E-state index < -0.39 is 5.97 Å². The summed E-state index contributed by atoms with van der Waals surface area (Å²) in [5.41, 5.74) is 3.93. The fraction of sp³-hybridized carbons (Fsp3) is 0.286. The molecule has 1 heterocycles. The molecule has 3 N–H and O–H groups in total. The lowest BCUT2D eigenvalue weighted by Crippen LogP contribution is -2.36. The van der Waals surface area contributed by atoms with Gasteiger partial charge in [-0.3, -0.25) is 14.4 Å². The van der Waals surface area contributed by atoms with Gasteiger partial charge in [-0.15, -0.1) is 0 Å². The molecule has 0 fully saturated rings. The molecule has 1 aliphatic rings. The molecule has 1 aliphatic heterocycles. The van der Waals surface area contributed by atoms with Crippen LogP contribution in [0.25, 0.3) is 0 Å². The Morgan fingerprint density at radius 3 is 2.57 bits per heavy atom. The Balaban J connectivity index is 1.98. The van der Waals surface area contributed by atoms with Crippen molar-refractivity contribution < 1.29 is 19.5 Å². The van der Waals surface area contributed by atoms with Crippen molar-refractivity contribution in [1.29, 1.82) is 0 Å². The molecular weight excluding hydrogens is 274 g/mol. The van der Waals surface area contributed by atoms with E-state index >= 15 is 0 Å². The van der Waals surface area contributed by atoms with E-state index in [0.717, 1.165) is 5.56 Å². The lowest BCUT2D eigenvalue weighted by atomic mass is 10.0. The van der Waals surface area contributed by atoms with Crippen molar-refractivity contribution in [2.24, 2.45) is 5.10 Å². The van der Waals surface area contributed by atoms with Gasteiger partial charge < -0.3 is 10.4 Å². The van der Waals surface area contributed by atoms with Gasteiger partial charge in [-0.25, -0.2) is 5.43 Å². The average Bonchev–Trinajstić information content (AvgIpc) is 2.46. The summed E-state index contributed by atoms with van der Waals surface area (Å²) >= 11 is 0. The number of benzene rings is 1. The minimum absolute atomic E-state index is 0.0942. The van der Waals surface area contributed by atoms with E-state index in [1.165, 1.54) is 0 Å². The van der Waals surface area contributed by atoms with Crippen molar-refractivity contribution in [2.75, 3.05) is 0 Å². The molecule has 0 bridgehead atoms. The number of rotatable bonds is 5. The van der Waals surface area contributed by atoms with Crippen molar-refractivity contribution >= 4 is 23.5 Å². The van der Waals surface area contributed by atoms with Crippen LogP contribution in [0, 0.1) is 0 Å². The lowest BCUT2D eigenvalue weighted by molar-refractivity contribution is -0.136. The SMILES string of the molecule is O=C(O)Cc1ccccc1CNC(=O)C1=NNC(=O)CC1. The molecular formula is C14H15N3O4. The van der Waals surface area contributed by atoms with Gasteiger partial charge in [0.15, 0.2) is 0 Å². The minimum Gasteiger partial charge on any atom is -0.481 e. The summed E-state index contributed by atoms with van der Waals surface area (Å²) in [4.78, 5) is 33.6. The molecule has 2 amide bonds. The van der Waals surface area contributed by atoms with E-state index in [4.69, 9.17) is 5.11 Å². The van der Waals surface area contributed by atoms with Crippen molar-refractivity contribution in [1.82, 2.24) is 10.7 Å². The van der Waals surface area contributed by atoms with Crippen LogP contribution in [0.1, 0.15) is 24.0 Å². The predicted molar refractivity (Wildman–Crippen MR) is 74.4 cm³/mol. The normalized spacial score (nSPS) is 14.1.